The lowest BCUT2D eigenvalue weighted by atomic mass is 10.1. The van der Waals surface area contributed by atoms with Crippen molar-refractivity contribution in [1.82, 2.24) is 0 Å². The Labute approximate surface area is 113 Å². The zero-order valence-corrected chi connectivity index (χ0v) is 12.0. The van der Waals surface area contributed by atoms with Gasteiger partial charge in [0.15, 0.2) is 0 Å². The van der Waals surface area contributed by atoms with Gasteiger partial charge in [0.25, 0.3) is 0 Å². The molecule has 2 rings (SSSR count). The predicted octanol–water partition coefficient (Wildman–Crippen LogP) is 4.44. The van der Waals surface area contributed by atoms with Gasteiger partial charge in [0, 0.05) is 16.7 Å². The van der Waals surface area contributed by atoms with Crippen LogP contribution >= 0.6 is 11.8 Å². The van der Waals surface area contributed by atoms with E-state index in [1.807, 2.05) is 31.7 Å². The van der Waals surface area contributed by atoms with Crippen LogP contribution in [0.15, 0.2) is 17.0 Å². The second kappa shape index (κ2) is 6.07. The predicted molar refractivity (Wildman–Crippen MR) is 76.4 cm³/mol. The molecule has 1 atom stereocenters. The van der Waals surface area contributed by atoms with E-state index in [4.69, 9.17) is 5.73 Å². The van der Waals surface area contributed by atoms with Crippen molar-refractivity contribution in [3.63, 3.8) is 0 Å². The smallest absolute Gasteiger partial charge is 0.126 e. The molecule has 1 aromatic rings. The van der Waals surface area contributed by atoms with Gasteiger partial charge in [-0.25, -0.2) is 4.39 Å². The number of benzene rings is 1. The molecular formula is C15H22FNS. The Morgan fingerprint density at radius 2 is 2.06 bits per heavy atom. The first-order valence-electron chi connectivity index (χ1n) is 6.76. The van der Waals surface area contributed by atoms with E-state index in [9.17, 15) is 4.39 Å². The first-order valence-corrected chi connectivity index (χ1v) is 7.75. The van der Waals surface area contributed by atoms with Crippen molar-refractivity contribution in [2.45, 2.75) is 50.5 Å². The van der Waals surface area contributed by atoms with Crippen molar-refractivity contribution in [3.8, 4) is 0 Å². The van der Waals surface area contributed by atoms with Crippen LogP contribution in [-0.2, 0) is 0 Å². The summed E-state index contributed by atoms with van der Waals surface area (Å²) < 4.78 is 13.6. The Kier molecular flexibility index (Phi) is 4.68. The van der Waals surface area contributed by atoms with Gasteiger partial charge < -0.3 is 5.73 Å². The SMILES string of the molecule is Cc1cc(SCC2CCCC2)c([C@@H](C)N)cc1F. The molecule has 1 aliphatic rings. The van der Waals surface area contributed by atoms with Crippen LogP contribution in [0.25, 0.3) is 0 Å². The lowest BCUT2D eigenvalue weighted by molar-refractivity contribution is 0.609. The molecule has 1 nitrogen and oxygen atoms in total. The minimum atomic E-state index is -0.146. The highest BCUT2D eigenvalue weighted by Crippen LogP contribution is 2.34. The third kappa shape index (κ3) is 3.27. The van der Waals surface area contributed by atoms with E-state index in [0.717, 1.165) is 22.1 Å². The molecule has 100 valence electrons. The zero-order valence-electron chi connectivity index (χ0n) is 11.2. The summed E-state index contributed by atoms with van der Waals surface area (Å²) in [6.45, 7) is 3.74. The maximum atomic E-state index is 13.6. The van der Waals surface area contributed by atoms with E-state index in [2.05, 4.69) is 0 Å². The molecule has 0 radical (unpaired) electrons. The molecule has 0 aromatic heterocycles. The summed E-state index contributed by atoms with van der Waals surface area (Å²) in [4.78, 5) is 1.16. The second-order valence-electron chi connectivity index (χ2n) is 5.39. The minimum Gasteiger partial charge on any atom is -0.324 e. The molecule has 18 heavy (non-hydrogen) atoms. The maximum Gasteiger partial charge on any atom is 0.126 e. The number of halogens is 1. The average molecular weight is 267 g/mol. The Hall–Kier alpha value is -0.540. The Morgan fingerprint density at radius 3 is 2.67 bits per heavy atom. The van der Waals surface area contributed by atoms with E-state index in [1.165, 1.54) is 25.7 Å². The van der Waals surface area contributed by atoms with Crippen LogP contribution < -0.4 is 5.73 Å². The van der Waals surface area contributed by atoms with Crippen molar-refractivity contribution >= 4 is 11.8 Å². The maximum absolute atomic E-state index is 13.6. The Bertz CT molecular complexity index is 411. The number of aryl methyl sites for hydroxylation is 1. The molecule has 2 N–H and O–H groups in total. The minimum absolute atomic E-state index is 0.105. The van der Waals surface area contributed by atoms with Gasteiger partial charge in [0.05, 0.1) is 0 Å². The van der Waals surface area contributed by atoms with Crippen LogP contribution in [0.5, 0.6) is 0 Å². The lowest BCUT2D eigenvalue weighted by Gasteiger charge is -2.15. The highest BCUT2D eigenvalue weighted by atomic mass is 32.2. The zero-order chi connectivity index (χ0) is 13.1. The number of hydrogen-bond acceptors (Lipinski definition) is 2. The van der Waals surface area contributed by atoms with Gasteiger partial charge in [-0.2, -0.15) is 0 Å². The third-order valence-electron chi connectivity index (χ3n) is 3.73. The summed E-state index contributed by atoms with van der Waals surface area (Å²) in [5, 5.41) is 0. The molecule has 3 heteroatoms. The van der Waals surface area contributed by atoms with Gasteiger partial charge in [-0.15, -0.1) is 11.8 Å². The summed E-state index contributed by atoms with van der Waals surface area (Å²) in [6, 6.07) is 3.45. The fourth-order valence-corrected chi connectivity index (χ4v) is 3.96. The van der Waals surface area contributed by atoms with Crippen molar-refractivity contribution in [2.75, 3.05) is 5.75 Å². The van der Waals surface area contributed by atoms with Crippen LogP contribution in [0.4, 0.5) is 4.39 Å². The van der Waals surface area contributed by atoms with Crippen molar-refractivity contribution in [2.24, 2.45) is 11.7 Å². The van der Waals surface area contributed by atoms with Crippen LogP contribution in [0.2, 0.25) is 0 Å². The van der Waals surface area contributed by atoms with Gasteiger partial charge in [-0.1, -0.05) is 12.8 Å². The van der Waals surface area contributed by atoms with E-state index in [-0.39, 0.29) is 11.9 Å². The molecule has 0 aliphatic heterocycles. The first kappa shape index (κ1) is 13.9. The summed E-state index contributed by atoms with van der Waals surface area (Å²) in [6.07, 6.45) is 5.43. The molecule has 1 aliphatic carbocycles. The van der Waals surface area contributed by atoms with E-state index in [0.29, 0.717) is 5.56 Å². The number of nitrogens with two attached hydrogens (primary N) is 1. The monoisotopic (exact) mass is 267 g/mol. The number of thioether (sulfide) groups is 1. The molecule has 0 amide bonds. The molecule has 1 fully saturated rings. The Balaban J connectivity index is 2.12. The summed E-state index contributed by atoms with van der Waals surface area (Å²) in [7, 11) is 0. The molecule has 0 unspecified atom stereocenters. The van der Waals surface area contributed by atoms with Gasteiger partial charge in [-0.05, 0) is 55.9 Å². The van der Waals surface area contributed by atoms with Crippen molar-refractivity contribution in [1.29, 1.82) is 0 Å². The molecule has 0 bridgehead atoms. The molecular weight excluding hydrogens is 245 g/mol. The largest absolute Gasteiger partial charge is 0.324 e. The van der Waals surface area contributed by atoms with Gasteiger partial charge >= 0.3 is 0 Å². The second-order valence-corrected chi connectivity index (χ2v) is 6.45. The van der Waals surface area contributed by atoms with E-state index < -0.39 is 0 Å². The quantitative estimate of drug-likeness (QED) is 0.816. The molecule has 0 spiro atoms. The topological polar surface area (TPSA) is 26.0 Å². The number of rotatable bonds is 4. The van der Waals surface area contributed by atoms with Crippen LogP contribution in [0.3, 0.4) is 0 Å². The molecule has 0 saturated heterocycles. The fraction of sp³-hybridized carbons (Fsp3) is 0.600. The standard InChI is InChI=1S/C15H22FNS/c1-10-7-15(13(11(2)17)8-14(10)16)18-9-12-5-3-4-6-12/h7-8,11-12H,3-6,9,17H2,1-2H3/t11-/m1/s1. The third-order valence-corrected chi connectivity index (χ3v) is 5.03. The number of hydrogen-bond donors (Lipinski definition) is 1. The first-order chi connectivity index (χ1) is 8.58. The molecule has 1 saturated carbocycles. The van der Waals surface area contributed by atoms with Gasteiger partial charge in [0.1, 0.15) is 5.82 Å². The Morgan fingerprint density at radius 1 is 1.39 bits per heavy atom. The van der Waals surface area contributed by atoms with Crippen LogP contribution in [0.1, 0.15) is 49.8 Å². The van der Waals surface area contributed by atoms with Crippen molar-refractivity contribution < 1.29 is 4.39 Å². The van der Waals surface area contributed by atoms with Gasteiger partial charge in [-0.3, -0.25) is 0 Å². The summed E-state index contributed by atoms with van der Waals surface area (Å²) in [5.74, 6) is 1.83. The van der Waals surface area contributed by atoms with E-state index in [1.54, 1.807) is 6.07 Å². The van der Waals surface area contributed by atoms with Crippen molar-refractivity contribution in [3.05, 3.63) is 29.1 Å². The van der Waals surface area contributed by atoms with Gasteiger partial charge in [0.2, 0.25) is 0 Å². The normalized spacial score (nSPS) is 18.2. The fourth-order valence-electron chi connectivity index (χ4n) is 2.54. The van der Waals surface area contributed by atoms with Crippen LogP contribution in [-0.4, -0.2) is 5.75 Å². The summed E-state index contributed by atoms with van der Waals surface area (Å²) in [5.41, 5.74) is 7.60. The van der Waals surface area contributed by atoms with Crippen LogP contribution in [0, 0.1) is 18.7 Å². The highest BCUT2D eigenvalue weighted by Gasteiger charge is 2.17. The van der Waals surface area contributed by atoms with E-state index >= 15 is 0 Å². The summed E-state index contributed by atoms with van der Waals surface area (Å²) >= 11 is 1.85. The molecule has 1 aromatic carbocycles. The lowest BCUT2D eigenvalue weighted by Crippen LogP contribution is -2.08. The average Bonchev–Trinajstić information content (AvgIpc) is 2.83. The highest BCUT2D eigenvalue weighted by molar-refractivity contribution is 7.99. The molecule has 0 heterocycles.